The number of aliphatic hydroxyl groups excluding tert-OH is 7. The Morgan fingerprint density at radius 3 is 1.22 bits per heavy atom. The molecule has 52 nitrogen and oxygen atoms in total. The maximum atomic E-state index is 13.0. The summed E-state index contributed by atoms with van der Waals surface area (Å²) in [6.07, 6.45) is -64.6. The summed E-state index contributed by atoms with van der Waals surface area (Å²) in [7, 11) is -46.3. The van der Waals surface area contributed by atoms with Crippen molar-refractivity contribution in [3.05, 3.63) is 0 Å². The Morgan fingerprint density at radius 2 is 0.780 bits per heavy atom. The smallest absolute Gasteiger partial charge is 0.397 e. The second-order valence-electron chi connectivity index (χ2n) is 18.9. The van der Waals surface area contributed by atoms with Gasteiger partial charge in [-0.15, -0.1) is 0 Å². The first kappa shape index (κ1) is 79.0. The zero-order valence-corrected chi connectivity index (χ0v) is 50.5. The van der Waals surface area contributed by atoms with Crippen LogP contribution < -0.4 is 9.44 Å². The third kappa shape index (κ3) is 22.1. The van der Waals surface area contributed by atoms with Gasteiger partial charge in [0.05, 0.1) is 19.8 Å². The van der Waals surface area contributed by atoms with Crippen LogP contribution in [0.1, 0.15) is 0 Å². The molecule has 0 aromatic carbocycles. The maximum Gasteiger partial charge on any atom is 0.397 e. The summed E-state index contributed by atoms with van der Waals surface area (Å²) in [5.41, 5.74) is 0. The van der Waals surface area contributed by atoms with E-state index in [1.54, 1.807) is 0 Å². The van der Waals surface area contributed by atoms with Gasteiger partial charge in [-0.05, 0) is 0 Å². The van der Waals surface area contributed by atoms with Crippen molar-refractivity contribution in [1.82, 2.24) is 13.7 Å². The highest BCUT2D eigenvalue weighted by atomic mass is 32.3. The minimum atomic E-state index is -6.36. The Balaban J connectivity index is 1.60. The molecule has 5 fully saturated rings. The second-order valence-corrected chi connectivity index (χ2v) is 28.1. The zero-order chi connectivity index (χ0) is 69.6. The van der Waals surface area contributed by atoms with E-state index in [-0.39, 0.29) is 4.31 Å². The molecule has 0 amide bonds. The van der Waals surface area contributed by atoms with E-state index in [0.717, 1.165) is 4.72 Å². The number of nitrogens with zero attached hydrogens (tertiary/aromatic N) is 1. The van der Waals surface area contributed by atoms with E-state index in [1.807, 2.05) is 0 Å². The first-order valence-electron chi connectivity index (χ1n) is 23.5. The van der Waals surface area contributed by atoms with Gasteiger partial charge in [-0.1, -0.05) is 0 Å². The molecule has 25 atom stereocenters. The average molecular weight is 1510 g/mol. The fraction of sp³-hybridized carbons (Fsp3) is 0.935. The molecule has 0 radical (unpaired) electrons. The molecule has 0 bridgehead atoms. The average Bonchev–Trinajstić information content (AvgIpc) is 0.769. The van der Waals surface area contributed by atoms with Crippen molar-refractivity contribution in [2.45, 2.75) is 153 Å². The van der Waals surface area contributed by atoms with Crippen LogP contribution in [-0.2, 0) is 156 Å². The fourth-order valence-corrected chi connectivity index (χ4v) is 12.7. The summed E-state index contributed by atoms with van der Waals surface area (Å²) in [5.74, 6) is -4.94. The third-order valence-corrected chi connectivity index (χ3v) is 17.0. The van der Waals surface area contributed by atoms with Gasteiger partial charge in [0, 0.05) is 7.05 Å². The molecule has 0 aliphatic carbocycles. The number of carbonyl (C=O) groups is 2. The van der Waals surface area contributed by atoms with Gasteiger partial charge in [-0.25, -0.2) is 30.5 Å². The highest BCUT2D eigenvalue weighted by Crippen LogP contribution is 2.39. The number of hydrogen-bond acceptors (Lipinski definition) is 39. The number of carboxylic acid groups (broad SMARTS) is 2. The number of ether oxygens (including phenoxy) is 9. The van der Waals surface area contributed by atoms with Gasteiger partial charge in [0.15, 0.2) is 49.8 Å². The molecule has 534 valence electrons. The molecule has 5 aliphatic rings. The summed E-state index contributed by atoms with van der Waals surface area (Å²) < 4.78 is 340. The van der Waals surface area contributed by atoms with Crippen LogP contribution in [0.25, 0.3) is 0 Å². The van der Waals surface area contributed by atoms with Crippen LogP contribution in [0.2, 0.25) is 0 Å². The van der Waals surface area contributed by atoms with Crippen molar-refractivity contribution < 1.29 is 223 Å². The zero-order valence-electron chi connectivity index (χ0n) is 43.9. The molecule has 0 unspecified atom stereocenters. The van der Waals surface area contributed by atoms with Crippen LogP contribution in [0.15, 0.2) is 0 Å². The lowest BCUT2D eigenvalue weighted by Crippen LogP contribution is -2.71. The van der Waals surface area contributed by atoms with Gasteiger partial charge < -0.3 is 88.6 Å². The van der Waals surface area contributed by atoms with Crippen LogP contribution in [0.5, 0.6) is 0 Å². The van der Waals surface area contributed by atoms with E-state index < -0.39 is 268 Å². The largest absolute Gasteiger partial charge is 0.479 e. The van der Waals surface area contributed by atoms with Crippen LogP contribution in [-0.4, -0.2) is 346 Å². The molecule has 0 spiro atoms. The van der Waals surface area contributed by atoms with Crippen molar-refractivity contribution in [1.29, 1.82) is 0 Å². The Kier molecular flexibility index (Phi) is 25.6. The van der Waals surface area contributed by atoms with E-state index in [0.29, 0.717) is 7.05 Å². The monoisotopic (exact) mass is 1510 g/mol. The lowest BCUT2D eigenvalue weighted by Gasteiger charge is -2.50. The molecule has 0 saturated carbocycles. The van der Waals surface area contributed by atoms with E-state index in [2.05, 4.69) is 20.9 Å². The number of nitrogens with one attached hydrogen (secondary N) is 2. The molecular weight excluding hydrogens is 1450 g/mol. The van der Waals surface area contributed by atoms with Crippen molar-refractivity contribution in [2.75, 3.05) is 26.9 Å². The maximum absolute atomic E-state index is 13.0. The number of carboxylic acids is 2. The predicted octanol–water partition coefficient (Wildman–Crippen LogP) is -14.1. The second kappa shape index (κ2) is 29.5. The van der Waals surface area contributed by atoms with Gasteiger partial charge in [0.2, 0.25) is 0 Å². The summed E-state index contributed by atoms with van der Waals surface area (Å²) in [6, 6.07) is -8.37. The van der Waals surface area contributed by atoms with Gasteiger partial charge >= 0.3 is 94.8 Å². The van der Waals surface area contributed by atoms with Crippen LogP contribution >= 0.6 is 0 Å². The summed E-state index contributed by atoms with van der Waals surface area (Å²) in [5, 5.41) is 98.3. The quantitative estimate of drug-likeness (QED) is 0.0309. The van der Waals surface area contributed by atoms with Crippen molar-refractivity contribution in [3.8, 4) is 0 Å². The highest BCUT2D eigenvalue weighted by molar-refractivity contribution is 7.84. The summed E-state index contributed by atoms with van der Waals surface area (Å²) in [6.45, 7) is -5.15. The van der Waals surface area contributed by atoms with Crippen LogP contribution in [0.4, 0.5) is 0 Å². The lowest BCUT2D eigenvalue weighted by molar-refractivity contribution is -0.373. The number of hydrogen-bond donors (Lipinski definition) is 19. The van der Waals surface area contributed by atoms with E-state index in [9.17, 15) is 155 Å². The topological polar surface area (TPSA) is 808 Å². The van der Waals surface area contributed by atoms with Crippen LogP contribution in [0, 0.1) is 0 Å². The number of aliphatic hydroxyl groups is 7. The number of rotatable bonds is 29. The minimum absolute atomic E-state index is 0.252. The van der Waals surface area contributed by atoms with E-state index in [4.69, 9.17) is 47.2 Å². The van der Waals surface area contributed by atoms with Crippen molar-refractivity contribution in [2.24, 2.45) is 0 Å². The van der Waals surface area contributed by atoms with Gasteiger partial charge in [-0.3, -0.25) is 36.4 Å². The molecule has 91 heavy (non-hydrogen) atoms. The predicted molar refractivity (Wildman–Crippen MR) is 262 cm³/mol. The minimum Gasteiger partial charge on any atom is -0.479 e. The normalized spacial score (nSPS) is 38.7. The molecule has 5 heterocycles. The number of likely N-dealkylation sites (N-methyl/N-ethyl adjacent to an activating group) is 1. The van der Waals surface area contributed by atoms with Gasteiger partial charge in [0.1, 0.15) is 104 Å². The standard InChI is InChI=1S/C31H53N3O49S8/c1-34(86(52,53)54)10-13(37)17(6(73-27(10)45)3-71-88(58,59)60)76-31-22(83-91(67,68)69)16(40)21(24(81-31)26(43)44)79-29-9(33-85(49,50)51)19(82-90(64,65)66)18(7(75-29)4-72-89(61,62)63)77-30-15(39)14(38)20(23(80-30)25(41)42)78-28-8(32-84(46,47)48)12(36)11(35)5(74-28)2-70-87(55,56)57/h5-24,27-33,35-40,45H,2-4H2,1H3,(H,41,42)(H,43,44)(H,46,47,48)(H,49,50,51)(H,52,53,54)(H,55,56,57)(H,58,59,60)(H,61,62,63)(H,64,65,66)(H,67,68,69)/t5-,6-,7-,8-,9-,10-,11-,12-,13-,14-,15-,16+,17-,18-,19-,20+,21+,22-,23+,24-,27+,28-,29-,30-,31-/m1/s1. The van der Waals surface area contributed by atoms with Crippen molar-refractivity contribution in [3.63, 3.8) is 0 Å². The Bertz CT molecular complexity index is 3510. The molecule has 60 heteroatoms. The van der Waals surface area contributed by atoms with Gasteiger partial charge in [-0.2, -0.15) is 81.1 Å². The first-order chi connectivity index (χ1) is 41.1. The third-order valence-electron chi connectivity index (χ3n) is 12.7. The molecule has 0 aromatic heterocycles. The summed E-state index contributed by atoms with van der Waals surface area (Å²) >= 11 is 0. The van der Waals surface area contributed by atoms with Gasteiger partial charge in [0.25, 0.3) is 0 Å². The SMILES string of the molecule is CN([C@@H]1[C@@H](O)[C@H](O[C@@H]2O[C@@H](C(=O)O)[C@@H](O[C@H]3O[C@H](COS(=O)(=O)O)[C@@H](O[C@@H]4O[C@H](C(=O)O)[C@@H](O[C@H]5O[C@H](COS(=O)(=O)O)[C@@H](O)[C@H](O)[C@H]5NS(=O)(=O)O)[C@H](O)[C@H]4O)[C@H](OS(=O)(=O)O)[C@H]3NS(=O)(=O)O)[C@H](O)[C@H]2OS(=O)(=O)O)[C@@H](COS(=O)(=O)O)O[C@@H]1O)S(=O)(=O)O. The summed E-state index contributed by atoms with van der Waals surface area (Å²) in [4.78, 5) is 25.8. The van der Waals surface area contributed by atoms with E-state index in [1.165, 1.54) is 4.72 Å². The highest BCUT2D eigenvalue weighted by Gasteiger charge is 2.61. The fourth-order valence-electron chi connectivity index (χ4n) is 9.03. The van der Waals surface area contributed by atoms with Crippen molar-refractivity contribution >= 4 is 94.8 Å². The molecule has 5 aliphatic heterocycles. The van der Waals surface area contributed by atoms with E-state index >= 15 is 0 Å². The molecule has 5 rings (SSSR count). The Labute approximate surface area is 509 Å². The molecular formula is C31H53N3O49S8. The first-order valence-corrected chi connectivity index (χ1v) is 34.6. The molecule has 0 aromatic rings. The Morgan fingerprint density at radius 1 is 0.396 bits per heavy atom. The molecule has 5 saturated heterocycles. The number of aliphatic carboxylic acids is 2. The van der Waals surface area contributed by atoms with Crippen LogP contribution in [0.3, 0.4) is 0 Å². The lowest BCUT2D eigenvalue weighted by atomic mass is 9.94. The Hall–Kier alpha value is -2.74. The molecule has 19 N–H and O–H groups in total.